The second kappa shape index (κ2) is 15.0. The Bertz CT molecular complexity index is 662. The van der Waals surface area contributed by atoms with Crippen LogP contribution < -0.4 is 4.74 Å². The Kier molecular flexibility index (Phi) is 12.3. The number of rotatable bonds is 16. The molecule has 0 aliphatic rings. The van der Waals surface area contributed by atoms with Crippen molar-refractivity contribution in [2.45, 2.75) is 97.8 Å². The normalized spacial score (nSPS) is 12.1. The van der Waals surface area contributed by atoms with Gasteiger partial charge in [-0.1, -0.05) is 84.6 Å². The average Bonchev–Trinajstić information content (AvgIpc) is 2.78. The molecule has 30 heavy (non-hydrogen) atoms. The van der Waals surface area contributed by atoms with E-state index in [4.69, 9.17) is 9.72 Å². The fourth-order valence-electron chi connectivity index (χ4n) is 3.84. The minimum Gasteiger partial charge on any atom is -0.494 e. The van der Waals surface area contributed by atoms with Gasteiger partial charge in [0.15, 0.2) is 0 Å². The molecule has 2 rings (SSSR count). The number of unbranched alkanes of at least 4 members (excludes halogenated alkanes) is 7. The van der Waals surface area contributed by atoms with Crippen molar-refractivity contribution in [3.8, 4) is 17.0 Å². The molecule has 0 saturated heterocycles. The molecule has 0 N–H and O–H groups in total. The lowest BCUT2D eigenvalue weighted by Gasteiger charge is -2.11. The molecule has 0 spiro atoms. The number of hydrogen-bond donors (Lipinski definition) is 0. The summed E-state index contributed by atoms with van der Waals surface area (Å²) in [5, 5.41) is 0. The molecule has 0 amide bonds. The van der Waals surface area contributed by atoms with Gasteiger partial charge in [0, 0.05) is 11.8 Å². The Labute approximate surface area is 185 Å². The summed E-state index contributed by atoms with van der Waals surface area (Å²) in [5.74, 6) is 1.76. The fourth-order valence-corrected chi connectivity index (χ4v) is 3.84. The van der Waals surface area contributed by atoms with Gasteiger partial charge in [0.25, 0.3) is 0 Å². The van der Waals surface area contributed by atoms with Crippen molar-refractivity contribution < 1.29 is 4.74 Å². The van der Waals surface area contributed by atoms with Crippen LogP contribution >= 0.6 is 0 Å². The molecule has 1 unspecified atom stereocenters. The molecule has 2 heteroatoms. The van der Waals surface area contributed by atoms with E-state index >= 15 is 0 Å². The Hall–Kier alpha value is -1.83. The minimum atomic E-state index is 0.806. The highest BCUT2D eigenvalue weighted by Crippen LogP contribution is 2.22. The molecule has 2 aromatic rings. The van der Waals surface area contributed by atoms with Crippen molar-refractivity contribution in [3.63, 3.8) is 0 Å². The molecule has 1 aromatic carbocycles. The SMILES string of the molecule is CCCCCCCCOc1ccc(-c2ccc(CCC(C)CCCCC)cn2)cc1. The molecule has 0 radical (unpaired) electrons. The molecule has 1 heterocycles. The molecule has 166 valence electrons. The zero-order valence-corrected chi connectivity index (χ0v) is 19.7. The number of pyridine rings is 1. The zero-order valence-electron chi connectivity index (χ0n) is 19.7. The van der Waals surface area contributed by atoms with Gasteiger partial charge in [0.2, 0.25) is 0 Å². The van der Waals surface area contributed by atoms with Crippen molar-refractivity contribution in [1.82, 2.24) is 4.98 Å². The largest absolute Gasteiger partial charge is 0.494 e. The molecular formula is C28H43NO. The van der Waals surface area contributed by atoms with Gasteiger partial charge in [-0.25, -0.2) is 0 Å². The van der Waals surface area contributed by atoms with Crippen LogP contribution in [0.4, 0.5) is 0 Å². The second-order valence-electron chi connectivity index (χ2n) is 8.83. The number of ether oxygens (including phenoxy) is 1. The van der Waals surface area contributed by atoms with E-state index in [1.165, 1.54) is 69.8 Å². The van der Waals surface area contributed by atoms with Crippen molar-refractivity contribution in [3.05, 3.63) is 48.2 Å². The molecule has 2 nitrogen and oxygen atoms in total. The number of benzene rings is 1. The van der Waals surface area contributed by atoms with Crippen LogP contribution in [-0.2, 0) is 6.42 Å². The summed E-state index contributed by atoms with van der Waals surface area (Å²) in [6.07, 6.45) is 17.6. The molecule has 0 fully saturated rings. The maximum atomic E-state index is 5.89. The lowest BCUT2D eigenvalue weighted by atomic mass is 9.96. The standard InChI is InChI=1S/C28H43NO/c1-4-6-8-9-10-12-22-30-27-19-17-26(18-20-27)28-21-16-25(23-29-28)15-14-24(3)13-11-7-5-2/h16-21,23-24H,4-15,22H2,1-3H3. The Balaban J connectivity index is 1.71. The van der Waals surface area contributed by atoms with Gasteiger partial charge < -0.3 is 4.74 Å². The third-order valence-electron chi connectivity index (χ3n) is 5.97. The van der Waals surface area contributed by atoms with Crippen molar-refractivity contribution in [1.29, 1.82) is 0 Å². The summed E-state index contributed by atoms with van der Waals surface area (Å²) in [6, 6.07) is 12.8. The molecule has 1 aromatic heterocycles. The van der Waals surface area contributed by atoms with Gasteiger partial charge in [-0.3, -0.25) is 4.98 Å². The first kappa shape index (κ1) is 24.4. The van der Waals surface area contributed by atoms with Crippen LogP contribution in [0, 0.1) is 5.92 Å². The Morgan fingerprint density at radius 3 is 2.17 bits per heavy atom. The third-order valence-corrected chi connectivity index (χ3v) is 5.97. The summed E-state index contributed by atoms with van der Waals surface area (Å²) >= 11 is 0. The van der Waals surface area contributed by atoms with Gasteiger partial charge in [-0.15, -0.1) is 0 Å². The smallest absolute Gasteiger partial charge is 0.119 e. The fraction of sp³-hybridized carbons (Fsp3) is 0.607. The number of aromatic nitrogens is 1. The van der Waals surface area contributed by atoms with Gasteiger partial charge in [0.1, 0.15) is 5.75 Å². The highest BCUT2D eigenvalue weighted by molar-refractivity contribution is 5.60. The van der Waals surface area contributed by atoms with Gasteiger partial charge in [-0.2, -0.15) is 0 Å². The molecule has 0 bridgehead atoms. The molecular weight excluding hydrogens is 366 g/mol. The van der Waals surface area contributed by atoms with E-state index in [2.05, 4.69) is 63.4 Å². The minimum absolute atomic E-state index is 0.806. The Morgan fingerprint density at radius 2 is 1.47 bits per heavy atom. The highest BCUT2D eigenvalue weighted by atomic mass is 16.5. The molecule has 0 saturated carbocycles. The summed E-state index contributed by atoms with van der Waals surface area (Å²) in [5.41, 5.74) is 3.54. The number of hydrogen-bond acceptors (Lipinski definition) is 2. The van der Waals surface area contributed by atoms with Crippen molar-refractivity contribution in [2.75, 3.05) is 6.61 Å². The van der Waals surface area contributed by atoms with Crippen LogP contribution in [-0.4, -0.2) is 11.6 Å². The maximum Gasteiger partial charge on any atom is 0.119 e. The van der Waals surface area contributed by atoms with Crippen LogP contribution in [0.2, 0.25) is 0 Å². The predicted molar refractivity (Wildman–Crippen MR) is 130 cm³/mol. The monoisotopic (exact) mass is 409 g/mol. The van der Waals surface area contributed by atoms with E-state index in [0.29, 0.717) is 0 Å². The van der Waals surface area contributed by atoms with Crippen LogP contribution in [0.25, 0.3) is 11.3 Å². The average molecular weight is 410 g/mol. The van der Waals surface area contributed by atoms with Crippen molar-refractivity contribution >= 4 is 0 Å². The third kappa shape index (κ3) is 9.78. The lowest BCUT2D eigenvalue weighted by molar-refractivity contribution is 0.304. The Morgan fingerprint density at radius 1 is 0.767 bits per heavy atom. The van der Waals surface area contributed by atoms with Gasteiger partial charge >= 0.3 is 0 Å². The van der Waals surface area contributed by atoms with Crippen LogP contribution in [0.3, 0.4) is 0 Å². The molecule has 1 atom stereocenters. The molecule has 0 aliphatic heterocycles. The summed E-state index contributed by atoms with van der Waals surface area (Å²) in [6.45, 7) is 7.73. The molecule has 0 aliphatic carbocycles. The predicted octanol–water partition coefficient (Wildman–Crippen LogP) is 8.64. The van der Waals surface area contributed by atoms with E-state index < -0.39 is 0 Å². The van der Waals surface area contributed by atoms with Crippen LogP contribution in [0.5, 0.6) is 5.75 Å². The number of nitrogens with zero attached hydrogens (tertiary/aromatic N) is 1. The first-order chi connectivity index (χ1) is 14.7. The first-order valence-electron chi connectivity index (χ1n) is 12.4. The van der Waals surface area contributed by atoms with Gasteiger partial charge in [-0.05, 0) is 61.1 Å². The first-order valence-corrected chi connectivity index (χ1v) is 12.4. The summed E-state index contributed by atoms with van der Waals surface area (Å²) in [7, 11) is 0. The van der Waals surface area contributed by atoms with E-state index in [1.54, 1.807) is 0 Å². The van der Waals surface area contributed by atoms with E-state index in [-0.39, 0.29) is 0 Å². The highest BCUT2D eigenvalue weighted by Gasteiger charge is 2.05. The zero-order chi connectivity index (χ0) is 21.4. The van der Waals surface area contributed by atoms with Gasteiger partial charge in [0.05, 0.1) is 12.3 Å². The topological polar surface area (TPSA) is 22.1 Å². The van der Waals surface area contributed by atoms with Crippen LogP contribution in [0.15, 0.2) is 42.6 Å². The lowest BCUT2D eigenvalue weighted by Crippen LogP contribution is -1.98. The van der Waals surface area contributed by atoms with Crippen LogP contribution in [0.1, 0.15) is 97.0 Å². The summed E-state index contributed by atoms with van der Waals surface area (Å²) in [4.78, 5) is 4.70. The van der Waals surface area contributed by atoms with E-state index in [9.17, 15) is 0 Å². The maximum absolute atomic E-state index is 5.89. The second-order valence-corrected chi connectivity index (χ2v) is 8.83. The quantitative estimate of drug-likeness (QED) is 0.259. The van der Waals surface area contributed by atoms with Crippen molar-refractivity contribution in [2.24, 2.45) is 5.92 Å². The number of aryl methyl sites for hydroxylation is 1. The van der Waals surface area contributed by atoms with E-state index in [0.717, 1.165) is 42.4 Å². The van der Waals surface area contributed by atoms with E-state index in [1.807, 2.05) is 0 Å². The summed E-state index contributed by atoms with van der Waals surface area (Å²) < 4.78 is 5.89.